The topological polar surface area (TPSA) is 81.6 Å². The predicted octanol–water partition coefficient (Wildman–Crippen LogP) is 4.17. The van der Waals surface area contributed by atoms with E-state index in [0.717, 1.165) is 53.1 Å². The number of carbonyl (C=O) groups is 1. The second-order valence-corrected chi connectivity index (χ2v) is 9.17. The fourth-order valence-corrected chi connectivity index (χ4v) is 5.23. The Morgan fingerprint density at radius 2 is 2.10 bits per heavy atom. The summed E-state index contributed by atoms with van der Waals surface area (Å²) in [6, 6.07) is 3.85. The summed E-state index contributed by atoms with van der Waals surface area (Å²) in [4.78, 5) is 19.9. The van der Waals surface area contributed by atoms with Gasteiger partial charge in [-0.25, -0.2) is 4.98 Å². The monoisotopic (exact) mass is 413 g/mol. The van der Waals surface area contributed by atoms with Gasteiger partial charge in [-0.05, 0) is 52.9 Å². The quantitative estimate of drug-likeness (QED) is 0.629. The van der Waals surface area contributed by atoms with Gasteiger partial charge in [0.25, 0.3) is 5.91 Å². The molecule has 7 heteroatoms. The van der Waals surface area contributed by atoms with Crippen molar-refractivity contribution in [3.05, 3.63) is 45.1 Å². The molecule has 1 aliphatic carbocycles. The molecule has 1 fully saturated rings. The lowest BCUT2D eigenvalue weighted by atomic mass is 9.63. The Morgan fingerprint density at radius 3 is 2.66 bits per heavy atom. The summed E-state index contributed by atoms with van der Waals surface area (Å²) in [5, 5.41) is 0.815. The fraction of sp³-hybridized carbons (Fsp3) is 0.455. The minimum atomic E-state index is -0.461. The van der Waals surface area contributed by atoms with E-state index in [9.17, 15) is 4.79 Å². The molecule has 2 heterocycles. The zero-order chi connectivity index (χ0) is 20.8. The van der Waals surface area contributed by atoms with Crippen molar-refractivity contribution in [2.45, 2.75) is 45.1 Å². The number of nitrogens with zero attached hydrogens (tertiary/aromatic N) is 2. The minimum absolute atomic E-state index is 0.0817. The van der Waals surface area contributed by atoms with Gasteiger partial charge >= 0.3 is 0 Å². The van der Waals surface area contributed by atoms with E-state index in [1.807, 2.05) is 24.6 Å². The van der Waals surface area contributed by atoms with Crippen LogP contribution >= 0.6 is 11.3 Å². The van der Waals surface area contributed by atoms with Crippen LogP contribution in [0.15, 0.2) is 22.1 Å². The van der Waals surface area contributed by atoms with E-state index in [-0.39, 0.29) is 5.41 Å². The molecule has 154 valence electrons. The molecule has 0 radical (unpaired) electrons. The van der Waals surface area contributed by atoms with E-state index in [1.165, 1.54) is 0 Å². The van der Waals surface area contributed by atoms with Gasteiger partial charge in [0.05, 0.1) is 21.6 Å². The fourth-order valence-electron chi connectivity index (χ4n) is 4.54. The molecule has 0 bridgehead atoms. The Hall–Kier alpha value is -2.38. The van der Waals surface area contributed by atoms with Crippen molar-refractivity contribution in [3.8, 4) is 5.75 Å². The number of aromatic nitrogens is 1. The highest BCUT2D eigenvalue weighted by molar-refractivity contribution is 7.09. The molecule has 3 aromatic rings. The molecular formula is C22H27N3O3S. The highest BCUT2D eigenvalue weighted by atomic mass is 32.1. The van der Waals surface area contributed by atoms with Crippen molar-refractivity contribution in [3.63, 3.8) is 0 Å². The number of ether oxygens (including phenoxy) is 1. The number of likely N-dealkylation sites (N-methyl/N-ethyl adjacent to an activating group) is 1. The Bertz CT molecular complexity index is 1060. The van der Waals surface area contributed by atoms with E-state index >= 15 is 0 Å². The average Bonchev–Trinajstić information content (AvgIpc) is 3.17. The van der Waals surface area contributed by atoms with Gasteiger partial charge in [-0.15, -0.1) is 11.3 Å². The van der Waals surface area contributed by atoms with Crippen LogP contribution in [-0.4, -0.2) is 36.4 Å². The maximum atomic E-state index is 12.3. The Balaban J connectivity index is 1.89. The number of benzene rings is 1. The minimum Gasteiger partial charge on any atom is -0.488 e. The van der Waals surface area contributed by atoms with E-state index in [4.69, 9.17) is 14.9 Å². The smallest absolute Gasteiger partial charge is 0.252 e. The lowest BCUT2D eigenvalue weighted by Crippen LogP contribution is -2.44. The van der Waals surface area contributed by atoms with Gasteiger partial charge in [0.15, 0.2) is 0 Å². The molecule has 1 amide bonds. The molecule has 6 nitrogen and oxygen atoms in total. The van der Waals surface area contributed by atoms with Crippen LogP contribution in [0.4, 0.5) is 0 Å². The molecule has 29 heavy (non-hydrogen) atoms. The first kappa shape index (κ1) is 19.9. The molecule has 0 atom stereocenters. The molecule has 0 aliphatic heterocycles. The van der Waals surface area contributed by atoms with Crippen LogP contribution in [0.2, 0.25) is 0 Å². The summed E-state index contributed by atoms with van der Waals surface area (Å²) in [6.07, 6.45) is 3.24. The van der Waals surface area contributed by atoms with Gasteiger partial charge in [-0.3, -0.25) is 4.79 Å². The Kier molecular flexibility index (Phi) is 5.12. The largest absolute Gasteiger partial charge is 0.488 e. The number of thiazole rings is 1. The third-order valence-corrected chi connectivity index (χ3v) is 6.81. The number of amides is 1. The number of carbonyl (C=O) groups excluding carboxylic acids is 1. The lowest BCUT2D eigenvalue weighted by molar-refractivity contribution is 0.1000. The predicted molar refractivity (Wildman–Crippen MR) is 115 cm³/mol. The van der Waals surface area contributed by atoms with Gasteiger partial charge in [0.2, 0.25) is 0 Å². The van der Waals surface area contributed by atoms with Crippen LogP contribution in [0, 0.1) is 13.8 Å². The summed E-state index contributed by atoms with van der Waals surface area (Å²) in [5.74, 6) is 0.899. The number of hydrogen-bond acceptors (Lipinski definition) is 6. The standard InChI is InChI=1S/C22H27N3O3S/c1-13-17(29-12-24-13)10-27-16-7-6-15-19(18(21(23)26)14(2)28-15)20(16)22(8-5-9-22)11-25(3)4/h6-7,12H,5,8-11H2,1-4H3,(H2,23,26). The van der Waals surface area contributed by atoms with E-state index in [1.54, 1.807) is 18.3 Å². The van der Waals surface area contributed by atoms with Crippen molar-refractivity contribution in [1.29, 1.82) is 0 Å². The molecule has 1 aromatic carbocycles. The van der Waals surface area contributed by atoms with Crippen molar-refractivity contribution in [1.82, 2.24) is 9.88 Å². The summed E-state index contributed by atoms with van der Waals surface area (Å²) in [7, 11) is 4.16. The number of primary amides is 1. The van der Waals surface area contributed by atoms with Gasteiger partial charge in [0.1, 0.15) is 23.7 Å². The zero-order valence-corrected chi connectivity index (χ0v) is 18.2. The maximum Gasteiger partial charge on any atom is 0.252 e. The van der Waals surface area contributed by atoms with Crippen LogP contribution < -0.4 is 10.5 Å². The van der Waals surface area contributed by atoms with Gasteiger partial charge in [-0.2, -0.15) is 0 Å². The molecule has 4 rings (SSSR count). The second kappa shape index (κ2) is 7.46. The number of aryl methyl sites for hydroxylation is 2. The van der Waals surface area contributed by atoms with Gasteiger partial charge < -0.3 is 19.8 Å². The SMILES string of the molecule is Cc1ncsc1COc1ccc2oc(C)c(C(N)=O)c2c1C1(CN(C)C)CCC1. The maximum absolute atomic E-state index is 12.3. The van der Waals surface area contributed by atoms with E-state index in [0.29, 0.717) is 23.5 Å². The second-order valence-electron chi connectivity index (χ2n) is 8.23. The van der Waals surface area contributed by atoms with Crippen LogP contribution in [0.5, 0.6) is 5.75 Å². The van der Waals surface area contributed by atoms with Crippen molar-refractivity contribution in [2.75, 3.05) is 20.6 Å². The zero-order valence-electron chi connectivity index (χ0n) is 17.4. The number of nitrogens with two attached hydrogens (primary N) is 1. The van der Waals surface area contributed by atoms with Gasteiger partial charge in [-0.1, -0.05) is 6.42 Å². The van der Waals surface area contributed by atoms with Crippen LogP contribution in [0.3, 0.4) is 0 Å². The number of fused-ring (bicyclic) bond motifs is 1. The van der Waals surface area contributed by atoms with Crippen LogP contribution in [0.25, 0.3) is 11.0 Å². The number of hydrogen-bond donors (Lipinski definition) is 1. The summed E-state index contributed by atoms with van der Waals surface area (Å²) < 4.78 is 12.3. The van der Waals surface area contributed by atoms with Crippen molar-refractivity contribution >= 4 is 28.2 Å². The summed E-state index contributed by atoms with van der Waals surface area (Å²) >= 11 is 1.59. The highest BCUT2D eigenvalue weighted by Crippen LogP contribution is 2.51. The highest BCUT2D eigenvalue weighted by Gasteiger charge is 2.44. The number of rotatable bonds is 7. The van der Waals surface area contributed by atoms with Crippen molar-refractivity contribution < 1.29 is 13.9 Å². The van der Waals surface area contributed by atoms with E-state index in [2.05, 4.69) is 24.0 Å². The van der Waals surface area contributed by atoms with E-state index < -0.39 is 5.91 Å². The molecule has 0 spiro atoms. The molecule has 2 N–H and O–H groups in total. The lowest BCUT2D eigenvalue weighted by Gasteiger charge is -2.45. The number of furan rings is 1. The Morgan fingerprint density at radius 1 is 1.34 bits per heavy atom. The molecule has 1 saturated carbocycles. The van der Waals surface area contributed by atoms with Crippen molar-refractivity contribution in [2.24, 2.45) is 5.73 Å². The summed E-state index contributed by atoms with van der Waals surface area (Å²) in [5.41, 5.74) is 10.7. The van der Waals surface area contributed by atoms with Gasteiger partial charge in [0, 0.05) is 22.9 Å². The first-order chi connectivity index (χ1) is 13.8. The third-order valence-electron chi connectivity index (χ3n) is 5.90. The molecule has 1 aliphatic rings. The average molecular weight is 414 g/mol. The molecule has 0 saturated heterocycles. The molecule has 0 unspecified atom stereocenters. The first-order valence-electron chi connectivity index (χ1n) is 9.85. The summed E-state index contributed by atoms with van der Waals surface area (Å²) in [6.45, 7) is 5.12. The molecule has 2 aromatic heterocycles. The molecular weight excluding hydrogens is 386 g/mol. The first-order valence-corrected chi connectivity index (χ1v) is 10.7. The third kappa shape index (κ3) is 3.42. The van der Waals surface area contributed by atoms with Crippen LogP contribution in [-0.2, 0) is 12.0 Å². The normalized spacial score (nSPS) is 15.6. The van der Waals surface area contributed by atoms with Crippen LogP contribution in [0.1, 0.15) is 51.5 Å². The Labute approximate surface area is 174 Å².